The highest BCUT2D eigenvalue weighted by molar-refractivity contribution is 7.85. The van der Waals surface area contributed by atoms with Gasteiger partial charge in [0, 0.05) is 43.1 Å². The van der Waals surface area contributed by atoms with Crippen molar-refractivity contribution in [3.8, 4) is 0 Å². The molecule has 2 aromatic carbocycles. The van der Waals surface area contributed by atoms with E-state index in [1.165, 1.54) is 5.69 Å². The number of hydrogen-bond acceptors (Lipinski definition) is 6. The minimum atomic E-state index is -4.20. The zero-order valence-electron chi connectivity index (χ0n) is 16.6. The molecule has 8 heteroatoms. The first-order chi connectivity index (χ1) is 14.5. The van der Waals surface area contributed by atoms with Gasteiger partial charge in [-0.1, -0.05) is 35.6 Å². The summed E-state index contributed by atoms with van der Waals surface area (Å²) in [5.74, 6) is -0.351. The van der Waals surface area contributed by atoms with E-state index in [1.54, 1.807) is 11.3 Å². The molecular formula is C22H24N2O4S2. The summed E-state index contributed by atoms with van der Waals surface area (Å²) in [6, 6.07) is 16.5. The van der Waals surface area contributed by atoms with Crippen LogP contribution in [-0.4, -0.2) is 45.0 Å². The Kier molecular flexibility index (Phi) is 6.48. The minimum Gasteiger partial charge on any atom is -0.748 e. The number of thiazole rings is 1. The first-order valence-electron chi connectivity index (χ1n) is 9.95. The van der Waals surface area contributed by atoms with Crippen molar-refractivity contribution in [3.63, 3.8) is 0 Å². The van der Waals surface area contributed by atoms with Crippen LogP contribution in [0, 0.1) is 0 Å². The SMILES string of the molecule is O=S(=O)([O-])CCC[n+]1c(C=Cc2ccc(N3CCOCC3)cc2)sc2ccccc21. The molecule has 3 aromatic rings. The molecular weight excluding hydrogens is 420 g/mol. The van der Waals surface area contributed by atoms with Crippen LogP contribution in [0.3, 0.4) is 0 Å². The van der Waals surface area contributed by atoms with Crippen molar-refractivity contribution < 1.29 is 22.3 Å². The first-order valence-corrected chi connectivity index (χ1v) is 12.3. The van der Waals surface area contributed by atoms with E-state index >= 15 is 0 Å². The molecule has 0 unspecified atom stereocenters. The zero-order valence-corrected chi connectivity index (χ0v) is 18.2. The van der Waals surface area contributed by atoms with E-state index in [-0.39, 0.29) is 5.75 Å². The van der Waals surface area contributed by atoms with Gasteiger partial charge in [-0.05, 0) is 29.8 Å². The van der Waals surface area contributed by atoms with Gasteiger partial charge in [-0.3, -0.25) is 0 Å². The molecule has 0 saturated carbocycles. The summed E-state index contributed by atoms with van der Waals surface area (Å²) in [4.78, 5) is 2.32. The average Bonchev–Trinajstić information content (AvgIpc) is 3.10. The molecule has 1 aliphatic heterocycles. The molecule has 2 heterocycles. The van der Waals surface area contributed by atoms with Gasteiger partial charge in [-0.15, -0.1) is 0 Å². The number of para-hydroxylation sites is 1. The number of rotatable bonds is 7. The number of anilines is 1. The molecule has 4 rings (SSSR count). The molecule has 158 valence electrons. The maximum atomic E-state index is 11.0. The third kappa shape index (κ3) is 5.26. The maximum absolute atomic E-state index is 11.0. The van der Waals surface area contributed by atoms with E-state index in [0.29, 0.717) is 13.0 Å². The van der Waals surface area contributed by atoms with Crippen LogP contribution in [0.5, 0.6) is 0 Å². The fraction of sp³-hybridized carbons (Fsp3) is 0.318. The van der Waals surface area contributed by atoms with Crippen molar-refractivity contribution in [3.05, 3.63) is 59.1 Å². The number of ether oxygens (including phenoxy) is 1. The molecule has 6 nitrogen and oxygen atoms in total. The summed E-state index contributed by atoms with van der Waals surface area (Å²) < 4.78 is 41.5. The lowest BCUT2D eigenvalue weighted by molar-refractivity contribution is -0.668. The summed E-state index contributed by atoms with van der Waals surface area (Å²) in [5, 5.41) is 1.02. The molecule has 1 saturated heterocycles. The van der Waals surface area contributed by atoms with Crippen LogP contribution in [0.15, 0.2) is 48.5 Å². The Bertz CT molecular complexity index is 1130. The van der Waals surface area contributed by atoms with Gasteiger partial charge in [0.1, 0.15) is 4.70 Å². The predicted octanol–water partition coefficient (Wildman–Crippen LogP) is 3.13. The molecule has 0 bridgehead atoms. The Labute approximate surface area is 180 Å². The van der Waals surface area contributed by atoms with E-state index < -0.39 is 10.1 Å². The summed E-state index contributed by atoms with van der Waals surface area (Å²) in [6.07, 6.45) is 4.42. The standard InChI is InChI=1S/C22H24N2O4S2/c25-30(26,27)17-3-12-24-20-4-1-2-5-21(20)29-22(24)11-8-18-6-9-19(10-7-18)23-13-15-28-16-14-23/h1-2,4-11H,3,12-17H2. The van der Waals surface area contributed by atoms with E-state index in [4.69, 9.17) is 4.74 Å². The molecule has 30 heavy (non-hydrogen) atoms. The fourth-order valence-electron chi connectivity index (χ4n) is 3.59. The van der Waals surface area contributed by atoms with Gasteiger partial charge >= 0.3 is 0 Å². The monoisotopic (exact) mass is 444 g/mol. The van der Waals surface area contributed by atoms with Crippen molar-refractivity contribution in [2.24, 2.45) is 0 Å². The van der Waals surface area contributed by atoms with Crippen LogP contribution in [0.1, 0.15) is 17.0 Å². The number of fused-ring (bicyclic) bond motifs is 1. The lowest BCUT2D eigenvalue weighted by Gasteiger charge is -2.28. The zero-order chi connectivity index (χ0) is 21.0. The normalized spacial score (nSPS) is 15.3. The summed E-state index contributed by atoms with van der Waals surface area (Å²) >= 11 is 1.65. The molecule has 0 N–H and O–H groups in total. The number of aromatic nitrogens is 1. The van der Waals surface area contributed by atoms with E-state index in [0.717, 1.165) is 47.1 Å². The highest BCUT2D eigenvalue weighted by Crippen LogP contribution is 2.23. The second-order valence-corrected chi connectivity index (χ2v) is 9.79. The minimum absolute atomic E-state index is 0.298. The molecule has 0 atom stereocenters. The van der Waals surface area contributed by atoms with E-state index in [1.807, 2.05) is 18.2 Å². The molecule has 0 spiro atoms. The van der Waals surface area contributed by atoms with Gasteiger partial charge in [0.2, 0.25) is 5.52 Å². The van der Waals surface area contributed by atoms with Crippen molar-refractivity contribution >= 4 is 49.5 Å². The number of nitrogens with zero attached hydrogens (tertiary/aromatic N) is 2. The lowest BCUT2D eigenvalue weighted by Crippen LogP contribution is -2.36. The van der Waals surface area contributed by atoms with Crippen molar-refractivity contribution in [1.29, 1.82) is 0 Å². The quantitative estimate of drug-likeness (QED) is 0.414. The topological polar surface area (TPSA) is 73.6 Å². The van der Waals surface area contributed by atoms with Gasteiger partial charge < -0.3 is 14.2 Å². The predicted molar refractivity (Wildman–Crippen MR) is 120 cm³/mol. The highest BCUT2D eigenvalue weighted by atomic mass is 32.2. The number of hydrogen-bond donors (Lipinski definition) is 0. The fourth-order valence-corrected chi connectivity index (χ4v) is 5.17. The van der Waals surface area contributed by atoms with Crippen LogP contribution in [0.4, 0.5) is 5.69 Å². The smallest absolute Gasteiger partial charge is 0.262 e. The number of benzene rings is 2. The Morgan fingerprint density at radius 3 is 2.53 bits per heavy atom. The average molecular weight is 445 g/mol. The second kappa shape index (κ2) is 9.26. The summed E-state index contributed by atoms with van der Waals surface area (Å²) in [6.45, 7) is 3.84. The van der Waals surface area contributed by atoms with Crippen LogP contribution >= 0.6 is 11.3 Å². The van der Waals surface area contributed by atoms with E-state index in [9.17, 15) is 13.0 Å². The first kappa shape index (κ1) is 21.0. The number of aryl methyl sites for hydroxylation is 1. The Morgan fingerprint density at radius 1 is 1.07 bits per heavy atom. The Balaban J connectivity index is 1.53. The van der Waals surface area contributed by atoms with Gasteiger partial charge in [0.25, 0.3) is 5.01 Å². The van der Waals surface area contributed by atoms with Crippen LogP contribution in [0.2, 0.25) is 0 Å². The summed E-state index contributed by atoms with van der Waals surface area (Å²) in [7, 11) is -4.20. The molecule has 1 aromatic heterocycles. The lowest BCUT2D eigenvalue weighted by atomic mass is 10.1. The third-order valence-electron chi connectivity index (χ3n) is 5.10. The van der Waals surface area contributed by atoms with Crippen molar-refractivity contribution in [2.75, 3.05) is 37.0 Å². The van der Waals surface area contributed by atoms with Crippen LogP contribution < -0.4 is 9.47 Å². The Hall–Kier alpha value is -2.26. The highest BCUT2D eigenvalue weighted by Gasteiger charge is 2.18. The maximum Gasteiger partial charge on any atom is 0.262 e. The van der Waals surface area contributed by atoms with Crippen molar-refractivity contribution in [1.82, 2.24) is 0 Å². The molecule has 0 amide bonds. The molecule has 1 fully saturated rings. The van der Waals surface area contributed by atoms with E-state index in [2.05, 4.69) is 52.0 Å². The second-order valence-electron chi connectivity index (χ2n) is 7.20. The molecule has 0 radical (unpaired) electrons. The largest absolute Gasteiger partial charge is 0.748 e. The van der Waals surface area contributed by atoms with Gasteiger partial charge in [0.15, 0.2) is 6.54 Å². The molecule has 0 aliphatic carbocycles. The molecule has 1 aliphatic rings. The van der Waals surface area contributed by atoms with Gasteiger partial charge in [0.05, 0.1) is 23.3 Å². The Morgan fingerprint density at radius 2 is 1.80 bits per heavy atom. The van der Waals surface area contributed by atoms with Gasteiger partial charge in [-0.25, -0.2) is 8.42 Å². The number of morpholine rings is 1. The van der Waals surface area contributed by atoms with Crippen LogP contribution in [-0.2, 0) is 21.4 Å². The third-order valence-corrected chi connectivity index (χ3v) is 7.02. The van der Waals surface area contributed by atoms with Crippen molar-refractivity contribution in [2.45, 2.75) is 13.0 Å². The van der Waals surface area contributed by atoms with Crippen LogP contribution in [0.25, 0.3) is 22.4 Å². The summed E-state index contributed by atoms with van der Waals surface area (Å²) in [5.41, 5.74) is 3.34. The van der Waals surface area contributed by atoms with Gasteiger partial charge in [-0.2, -0.15) is 4.57 Å².